The number of carbonyl (C=O) groups is 2. The molecule has 182 valence electrons. The van der Waals surface area contributed by atoms with Gasteiger partial charge in [-0.25, -0.2) is 0 Å². The van der Waals surface area contributed by atoms with Gasteiger partial charge in [-0.15, -0.1) is 11.8 Å². The third-order valence-corrected chi connectivity index (χ3v) is 5.22. The van der Waals surface area contributed by atoms with Crippen LogP contribution in [0.4, 0.5) is 0 Å². The summed E-state index contributed by atoms with van der Waals surface area (Å²) >= 11 is 1.18. The summed E-state index contributed by atoms with van der Waals surface area (Å²) in [5.41, 5.74) is 4.48. The van der Waals surface area contributed by atoms with Crippen LogP contribution in [0.1, 0.15) is 6.92 Å². The molecule has 0 saturated carbocycles. The Morgan fingerprint density at radius 3 is 2.32 bits per heavy atom. The summed E-state index contributed by atoms with van der Waals surface area (Å²) < 4.78 is 26.2. The van der Waals surface area contributed by atoms with Gasteiger partial charge in [-0.05, 0) is 0 Å². The first-order valence-corrected chi connectivity index (χ1v) is 11.1. The Hall–Kier alpha value is -1.03. The highest BCUT2D eigenvalue weighted by atomic mass is 32.2. The fourth-order valence-electron chi connectivity index (χ4n) is 2.61. The van der Waals surface area contributed by atoms with Gasteiger partial charge in [0.15, 0.2) is 6.10 Å². The van der Waals surface area contributed by atoms with E-state index in [1.807, 2.05) is 0 Å². The molecule has 1 aliphatic rings. The molecule has 0 aromatic carbocycles. The summed E-state index contributed by atoms with van der Waals surface area (Å²) in [7, 11) is 0. The van der Waals surface area contributed by atoms with E-state index < -0.39 is 42.4 Å². The number of nitrogens with two attached hydrogens (primary N) is 1. The molecular formula is C18H34N2O10S. The highest BCUT2D eigenvalue weighted by molar-refractivity contribution is 7.99. The Morgan fingerprint density at radius 1 is 1.06 bits per heavy atom. The normalized spacial score (nSPS) is 25.9. The second-order valence-corrected chi connectivity index (χ2v) is 7.77. The average molecular weight is 471 g/mol. The van der Waals surface area contributed by atoms with Crippen LogP contribution < -0.4 is 11.1 Å². The van der Waals surface area contributed by atoms with Crippen molar-refractivity contribution in [3.05, 3.63) is 0 Å². The third-order valence-electron chi connectivity index (χ3n) is 4.07. The van der Waals surface area contributed by atoms with E-state index in [2.05, 4.69) is 5.32 Å². The van der Waals surface area contributed by atoms with E-state index in [1.165, 1.54) is 18.7 Å². The van der Waals surface area contributed by atoms with Gasteiger partial charge in [0, 0.05) is 25.8 Å². The van der Waals surface area contributed by atoms with Gasteiger partial charge in [0.05, 0.1) is 39.6 Å². The van der Waals surface area contributed by atoms with Crippen molar-refractivity contribution in [1.29, 1.82) is 0 Å². The molecule has 5 atom stereocenters. The second-order valence-electron chi connectivity index (χ2n) is 6.57. The van der Waals surface area contributed by atoms with Crippen LogP contribution in [0, 0.1) is 0 Å². The highest BCUT2D eigenvalue weighted by Crippen LogP contribution is 2.30. The van der Waals surface area contributed by atoms with Crippen LogP contribution >= 0.6 is 11.8 Å². The fourth-order valence-corrected chi connectivity index (χ4v) is 3.69. The summed E-state index contributed by atoms with van der Waals surface area (Å²) in [6.45, 7) is 3.27. The van der Waals surface area contributed by atoms with Crippen molar-refractivity contribution in [2.45, 2.75) is 36.8 Å². The molecule has 3 unspecified atom stereocenters. The van der Waals surface area contributed by atoms with E-state index in [0.29, 0.717) is 38.7 Å². The number of ether oxygens (including phenoxy) is 5. The van der Waals surface area contributed by atoms with Crippen molar-refractivity contribution < 1.29 is 48.6 Å². The van der Waals surface area contributed by atoms with Crippen LogP contribution in [0.15, 0.2) is 0 Å². The monoisotopic (exact) mass is 470 g/mol. The van der Waals surface area contributed by atoms with E-state index in [4.69, 9.17) is 29.4 Å². The standard InChI is InChI=1S/C18H34N2O10S/c1-12(22)29-17-16(25)15(24)13(10-21)30-18(17)31-9-3-20-14(23)11-28-8-7-27-6-5-26-4-2-19/h13,15-18,21,24-25H,2-11,19H2,1H3,(H,20,23)/t13?,15-,16?,17?,18+/m1/s1. The predicted octanol–water partition coefficient (Wildman–Crippen LogP) is -2.78. The quantitative estimate of drug-likeness (QED) is 0.116. The number of aliphatic hydroxyl groups excluding tert-OH is 3. The topological polar surface area (TPSA) is 179 Å². The first-order valence-electron chi connectivity index (χ1n) is 10.0. The lowest BCUT2D eigenvalue weighted by molar-refractivity contribution is -0.218. The number of aliphatic hydroxyl groups is 3. The number of rotatable bonds is 16. The van der Waals surface area contributed by atoms with Crippen LogP contribution in [0.25, 0.3) is 0 Å². The molecule has 0 aliphatic carbocycles. The minimum atomic E-state index is -1.40. The molecule has 1 aliphatic heterocycles. The molecule has 13 heteroatoms. The lowest BCUT2D eigenvalue weighted by Gasteiger charge is -2.41. The van der Waals surface area contributed by atoms with Gasteiger partial charge in [0.2, 0.25) is 5.91 Å². The van der Waals surface area contributed by atoms with E-state index in [9.17, 15) is 24.9 Å². The van der Waals surface area contributed by atoms with Gasteiger partial charge in [0.25, 0.3) is 0 Å². The molecule has 0 aromatic heterocycles. The Balaban J connectivity index is 2.20. The first-order chi connectivity index (χ1) is 14.9. The molecule has 31 heavy (non-hydrogen) atoms. The van der Waals surface area contributed by atoms with Crippen molar-refractivity contribution in [2.75, 3.05) is 65.1 Å². The summed E-state index contributed by atoms with van der Waals surface area (Å²) in [5, 5.41) is 32.1. The molecule has 1 amide bonds. The van der Waals surface area contributed by atoms with E-state index in [1.54, 1.807) is 0 Å². The largest absolute Gasteiger partial charge is 0.456 e. The van der Waals surface area contributed by atoms with Crippen molar-refractivity contribution in [3.63, 3.8) is 0 Å². The number of thioether (sulfide) groups is 1. The fraction of sp³-hybridized carbons (Fsp3) is 0.889. The van der Waals surface area contributed by atoms with Crippen molar-refractivity contribution in [3.8, 4) is 0 Å². The smallest absolute Gasteiger partial charge is 0.303 e. The van der Waals surface area contributed by atoms with E-state index in [0.717, 1.165) is 0 Å². The molecule has 1 saturated heterocycles. The van der Waals surface area contributed by atoms with Gasteiger partial charge in [-0.2, -0.15) is 0 Å². The van der Waals surface area contributed by atoms with Crippen molar-refractivity contribution >= 4 is 23.6 Å². The van der Waals surface area contributed by atoms with Crippen LogP contribution in [-0.2, 0) is 33.3 Å². The maximum Gasteiger partial charge on any atom is 0.303 e. The van der Waals surface area contributed by atoms with Gasteiger partial charge in [-0.3, -0.25) is 9.59 Å². The molecule has 12 nitrogen and oxygen atoms in total. The lowest BCUT2D eigenvalue weighted by Crippen LogP contribution is -2.58. The summed E-state index contributed by atoms with van der Waals surface area (Å²) in [6, 6.07) is 0. The molecule has 6 N–H and O–H groups in total. The molecule has 0 bridgehead atoms. The maximum absolute atomic E-state index is 11.8. The molecule has 0 radical (unpaired) electrons. The van der Waals surface area contributed by atoms with Crippen LogP contribution in [0.5, 0.6) is 0 Å². The second kappa shape index (κ2) is 16.6. The Kier molecular flexibility index (Phi) is 15.0. The van der Waals surface area contributed by atoms with E-state index >= 15 is 0 Å². The maximum atomic E-state index is 11.8. The average Bonchev–Trinajstić information content (AvgIpc) is 2.74. The summed E-state index contributed by atoms with van der Waals surface area (Å²) in [6.07, 6.45) is -4.88. The Labute approximate surface area is 185 Å². The first kappa shape index (κ1) is 28.0. The van der Waals surface area contributed by atoms with E-state index in [-0.39, 0.29) is 25.7 Å². The number of amides is 1. The number of hydrogen-bond acceptors (Lipinski definition) is 12. The van der Waals surface area contributed by atoms with Gasteiger partial charge in [0.1, 0.15) is 30.4 Å². The summed E-state index contributed by atoms with van der Waals surface area (Å²) in [4.78, 5) is 23.1. The Morgan fingerprint density at radius 2 is 1.71 bits per heavy atom. The lowest BCUT2D eigenvalue weighted by atomic mass is 10.0. The number of hydrogen-bond donors (Lipinski definition) is 5. The molecular weight excluding hydrogens is 436 g/mol. The summed E-state index contributed by atoms with van der Waals surface area (Å²) in [5.74, 6) is -0.566. The predicted molar refractivity (Wildman–Crippen MR) is 110 cm³/mol. The molecule has 0 aromatic rings. The molecule has 1 rings (SSSR count). The zero-order valence-electron chi connectivity index (χ0n) is 17.6. The van der Waals surface area contributed by atoms with Crippen LogP contribution in [0.3, 0.4) is 0 Å². The number of esters is 1. The minimum absolute atomic E-state index is 0.120. The third kappa shape index (κ3) is 11.4. The van der Waals surface area contributed by atoms with Crippen LogP contribution in [0.2, 0.25) is 0 Å². The number of nitrogens with one attached hydrogen (secondary N) is 1. The number of carbonyl (C=O) groups excluding carboxylic acids is 2. The molecule has 1 fully saturated rings. The Bertz CT molecular complexity index is 516. The highest BCUT2D eigenvalue weighted by Gasteiger charge is 2.46. The van der Waals surface area contributed by atoms with Crippen molar-refractivity contribution in [1.82, 2.24) is 5.32 Å². The van der Waals surface area contributed by atoms with Gasteiger partial charge >= 0.3 is 5.97 Å². The van der Waals surface area contributed by atoms with Crippen molar-refractivity contribution in [2.24, 2.45) is 5.73 Å². The zero-order valence-corrected chi connectivity index (χ0v) is 18.5. The minimum Gasteiger partial charge on any atom is -0.456 e. The molecule has 0 spiro atoms. The SMILES string of the molecule is CC(=O)OC1C(O)[C@H](O)C(CO)O[C@H]1SCCNC(=O)COCCOCCOCCN. The zero-order chi connectivity index (χ0) is 23.1. The molecule has 1 heterocycles. The van der Waals surface area contributed by atoms with Gasteiger partial charge < -0.3 is 50.1 Å². The van der Waals surface area contributed by atoms with Gasteiger partial charge in [-0.1, -0.05) is 0 Å². The van der Waals surface area contributed by atoms with Crippen LogP contribution in [-0.4, -0.2) is 122 Å².